The Morgan fingerprint density at radius 1 is 1.26 bits per heavy atom. The fraction of sp³-hybridized carbons (Fsp3) is 0.647. The highest BCUT2D eigenvalue weighted by Gasteiger charge is 2.38. The average Bonchev–Trinajstić information content (AvgIpc) is 3.17. The predicted octanol–water partition coefficient (Wildman–Crippen LogP) is 3.68. The molecule has 2 atom stereocenters. The van der Waals surface area contributed by atoms with Gasteiger partial charge in [0, 0.05) is 30.4 Å². The van der Waals surface area contributed by atoms with E-state index >= 15 is 0 Å². The molecule has 0 amide bonds. The van der Waals surface area contributed by atoms with E-state index in [2.05, 4.69) is 48.3 Å². The second kappa shape index (κ2) is 5.54. The Bertz CT molecular complexity index is 425. The zero-order chi connectivity index (χ0) is 13.2. The molecular weight excluding hydrogens is 232 g/mol. The number of para-hydroxylation sites is 1. The number of nitrogens with zero attached hydrogens (tertiary/aromatic N) is 1. The van der Waals surface area contributed by atoms with Crippen LogP contribution in [0.5, 0.6) is 0 Å². The van der Waals surface area contributed by atoms with Gasteiger partial charge in [-0.05, 0) is 44.2 Å². The molecule has 2 aliphatic rings. The first kappa shape index (κ1) is 13.0. The molecule has 19 heavy (non-hydrogen) atoms. The summed E-state index contributed by atoms with van der Waals surface area (Å²) >= 11 is 0. The van der Waals surface area contributed by atoms with E-state index < -0.39 is 0 Å². The minimum absolute atomic E-state index is 0.633. The Kier molecular flexibility index (Phi) is 3.79. The number of rotatable bonds is 5. The van der Waals surface area contributed by atoms with Gasteiger partial charge in [0.15, 0.2) is 0 Å². The van der Waals surface area contributed by atoms with Crippen LogP contribution in [-0.4, -0.2) is 29.6 Å². The highest BCUT2D eigenvalue weighted by molar-refractivity contribution is 5.52. The summed E-state index contributed by atoms with van der Waals surface area (Å²) in [6, 6.07) is 11.1. The van der Waals surface area contributed by atoms with Gasteiger partial charge in [-0.2, -0.15) is 0 Å². The maximum atomic E-state index is 3.80. The van der Waals surface area contributed by atoms with Crippen molar-refractivity contribution in [3.8, 4) is 0 Å². The lowest BCUT2D eigenvalue weighted by molar-refractivity contribution is 0.257. The lowest BCUT2D eigenvalue weighted by Crippen LogP contribution is -2.31. The Balaban J connectivity index is 1.65. The molecule has 1 aromatic rings. The summed E-state index contributed by atoms with van der Waals surface area (Å²) < 4.78 is 0. The molecule has 2 unspecified atom stereocenters. The number of aryl methyl sites for hydroxylation is 1. The van der Waals surface area contributed by atoms with Crippen LogP contribution in [0.15, 0.2) is 24.3 Å². The third kappa shape index (κ3) is 2.94. The molecule has 1 heterocycles. The van der Waals surface area contributed by atoms with E-state index in [9.17, 15) is 0 Å². The summed E-state index contributed by atoms with van der Waals surface area (Å²) in [5.41, 5.74) is 2.83. The molecule has 0 radical (unpaired) electrons. The summed E-state index contributed by atoms with van der Waals surface area (Å²) in [5, 5.41) is 3.80. The second-order valence-electron chi connectivity index (χ2n) is 6.26. The zero-order valence-corrected chi connectivity index (χ0v) is 12.2. The normalized spacial score (nSPS) is 27.7. The van der Waals surface area contributed by atoms with Gasteiger partial charge in [0.05, 0.1) is 0 Å². The van der Waals surface area contributed by atoms with Gasteiger partial charge in [-0.25, -0.2) is 0 Å². The van der Waals surface area contributed by atoms with Crippen molar-refractivity contribution >= 4 is 5.69 Å². The monoisotopic (exact) mass is 258 g/mol. The molecule has 3 rings (SSSR count). The van der Waals surface area contributed by atoms with E-state index in [0.717, 1.165) is 12.1 Å². The molecule has 2 heteroatoms. The second-order valence-corrected chi connectivity index (χ2v) is 6.26. The van der Waals surface area contributed by atoms with Gasteiger partial charge in [0.2, 0.25) is 0 Å². The molecule has 1 aromatic carbocycles. The van der Waals surface area contributed by atoms with Crippen molar-refractivity contribution in [1.29, 1.82) is 0 Å². The smallest absolute Gasteiger partial charge is 0.0403 e. The first-order chi connectivity index (χ1) is 9.28. The van der Waals surface area contributed by atoms with Crippen LogP contribution in [0.2, 0.25) is 0 Å². The Hall–Kier alpha value is -1.02. The molecular formula is C17H26N2. The van der Waals surface area contributed by atoms with Crippen molar-refractivity contribution in [2.45, 2.75) is 64.1 Å². The Morgan fingerprint density at radius 2 is 2.05 bits per heavy atom. The van der Waals surface area contributed by atoms with Crippen LogP contribution in [-0.2, 0) is 6.42 Å². The van der Waals surface area contributed by atoms with Crippen molar-refractivity contribution in [3.63, 3.8) is 0 Å². The van der Waals surface area contributed by atoms with Crippen LogP contribution >= 0.6 is 0 Å². The first-order valence-electron chi connectivity index (χ1n) is 7.88. The van der Waals surface area contributed by atoms with Crippen LogP contribution in [0, 0.1) is 0 Å². The maximum Gasteiger partial charge on any atom is 0.0403 e. The van der Waals surface area contributed by atoms with Crippen molar-refractivity contribution in [3.05, 3.63) is 29.8 Å². The number of hydrogen-bond acceptors (Lipinski definition) is 2. The Morgan fingerprint density at radius 3 is 2.79 bits per heavy atom. The van der Waals surface area contributed by atoms with Gasteiger partial charge >= 0.3 is 0 Å². The van der Waals surface area contributed by atoms with Crippen molar-refractivity contribution in [2.24, 2.45) is 0 Å². The number of nitrogens with one attached hydrogen (secondary N) is 1. The zero-order valence-electron chi connectivity index (χ0n) is 12.2. The first-order valence-corrected chi connectivity index (χ1v) is 7.88. The molecule has 2 nitrogen and oxygen atoms in total. The molecule has 1 aliphatic heterocycles. The predicted molar refractivity (Wildman–Crippen MR) is 81.7 cm³/mol. The number of benzene rings is 1. The Labute approximate surface area is 117 Å². The van der Waals surface area contributed by atoms with Gasteiger partial charge in [-0.3, -0.25) is 4.90 Å². The molecule has 2 fully saturated rings. The van der Waals surface area contributed by atoms with Crippen molar-refractivity contribution in [1.82, 2.24) is 4.90 Å². The molecule has 0 bridgehead atoms. The third-order valence-corrected chi connectivity index (χ3v) is 4.54. The molecule has 1 saturated heterocycles. The maximum absolute atomic E-state index is 3.80. The number of hydrogen-bond donors (Lipinski definition) is 1. The van der Waals surface area contributed by atoms with Crippen LogP contribution in [0.25, 0.3) is 0 Å². The van der Waals surface area contributed by atoms with Crippen LogP contribution in [0.3, 0.4) is 0 Å². The molecule has 1 aliphatic carbocycles. The largest absolute Gasteiger partial charge is 0.381 e. The highest BCUT2D eigenvalue weighted by Crippen LogP contribution is 2.34. The van der Waals surface area contributed by atoms with E-state index in [1.54, 1.807) is 0 Å². The molecule has 104 valence electrons. The molecule has 1 saturated carbocycles. The molecule has 0 spiro atoms. The van der Waals surface area contributed by atoms with E-state index in [1.807, 2.05) is 0 Å². The summed E-state index contributed by atoms with van der Waals surface area (Å²) in [4.78, 5) is 2.71. The van der Waals surface area contributed by atoms with Crippen LogP contribution < -0.4 is 5.32 Å². The van der Waals surface area contributed by atoms with Gasteiger partial charge in [-0.15, -0.1) is 0 Å². The fourth-order valence-electron chi connectivity index (χ4n) is 3.44. The topological polar surface area (TPSA) is 15.3 Å². The molecule has 1 N–H and O–H groups in total. The lowest BCUT2D eigenvalue weighted by Gasteiger charge is -2.20. The number of likely N-dealkylation sites (tertiary alicyclic amines) is 1. The third-order valence-electron chi connectivity index (χ3n) is 4.54. The van der Waals surface area contributed by atoms with E-state index in [4.69, 9.17) is 0 Å². The van der Waals surface area contributed by atoms with Gasteiger partial charge in [0.25, 0.3) is 0 Å². The lowest BCUT2D eigenvalue weighted by atomic mass is 10.1. The number of anilines is 1. The average molecular weight is 258 g/mol. The summed E-state index contributed by atoms with van der Waals surface area (Å²) in [7, 11) is 0. The summed E-state index contributed by atoms with van der Waals surface area (Å²) in [5.74, 6) is 0. The van der Waals surface area contributed by atoms with Gasteiger partial charge in [0.1, 0.15) is 0 Å². The van der Waals surface area contributed by atoms with Gasteiger partial charge < -0.3 is 5.32 Å². The summed E-state index contributed by atoms with van der Waals surface area (Å²) in [6.45, 7) is 5.87. The fourth-order valence-corrected chi connectivity index (χ4v) is 3.44. The minimum Gasteiger partial charge on any atom is -0.381 e. The summed E-state index contributed by atoms with van der Waals surface area (Å²) in [6.07, 6.45) is 6.52. The van der Waals surface area contributed by atoms with E-state index in [1.165, 1.54) is 49.9 Å². The van der Waals surface area contributed by atoms with Crippen molar-refractivity contribution in [2.75, 3.05) is 11.9 Å². The van der Waals surface area contributed by atoms with E-state index in [0.29, 0.717) is 6.04 Å². The van der Waals surface area contributed by atoms with Gasteiger partial charge in [-0.1, -0.05) is 31.5 Å². The van der Waals surface area contributed by atoms with E-state index in [-0.39, 0.29) is 0 Å². The van der Waals surface area contributed by atoms with Crippen LogP contribution in [0.4, 0.5) is 5.69 Å². The van der Waals surface area contributed by atoms with Crippen molar-refractivity contribution < 1.29 is 0 Å². The molecule has 0 aromatic heterocycles. The van der Waals surface area contributed by atoms with Crippen LogP contribution in [0.1, 0.15) is 45.1 Å². The quantitative estimate of drug-likeness (QED) is 0.866. The standard InChI is InChI=1S/C17H26N2/c1-3-6-14-7-4-5-8-17(14)18-15-11-13(2)19(12-15)16-9-10-16/h4-5,7-8,13,15-16,18H,3,6,9-12H2,1-2H3. The minimum atomic E-state index is 0.633. The highest BCUT2D eigenvalue weighted by atomic mass is 15.3. The SMILES string of the molecule is CCCc1ccccc1NC1CC(C)N(C2CC2)C1.